The third kappa shape index (κ3) is 4.00. The Hall–Kier alpha value is -1.49. The predicted molar refractivity (Wildman–Crippen MR) is 81.7 cm³/mol. The fourth-order valence-corrected chi connectivity index (χ4v) is 3.07. The van der Waals surface area contributed by atoms with Crippen LogP contribution in [0, 0.1) is 0 Å². The Balaban J connectivity index is 1.71. The average molecular weight is 292 g/mol. The fourth-order valence-electron chi connectivity index (χ4n) is 2.20. The Labute approximate surface area is 123 Å². The lowest BCUT2D eigenvalue weighted by molar-refractivity contribution is -0.140. The van der Waals surface area contributed by atoms with Crippen molar-refractivity contribution in [2.24, 2.45) is 0 Å². The van der Waals surface area contributed by atoms with Gasteiger partial charge in [-0.05, 0) is 24.7 Å². The van der Waals surface area contributed by atoms with Crippen LogP contribution in [0.2, 0.25) is 0 Å². The number of nitrogens with zero attached hydrogens (tertiary/aromatic N) is 1. The molecule has 0 radical (unpaired) electrons. The standard InChI is InChI=1S/C15H20N2O2S/c1-12-15(19)16-8-9-17(12)14(18)11-20-10-7-13-5-3-2-4-6-13/h2-6,12H,7-11H2,1H3,(H,16,19). The number of carbonyl (C=O) groups excluding carboxylic acids is 2. The second-order valence-corrected chi connectivity index (χ2v) is 5.95. The zero-order valence-electron chi connectivity index (χ0n) is 11.7. The number of aryl methyl sites for hydroxylation is 1. The summed E-state index contributed by atoms with van der Waals surface area (Å²) in [4.78, 5) is 25.3. The van der Waals surface area contributed by atoms with Crippen LogP contribution in [-0.2, 0) is 16.0 Å². The van der Waals surface area contributed by atoms with Crippen molar-refractivity contribution < 1.29 is 9.59 Å². The van der Waals surface area contributed by atoms with Crippen molar-refractivity contribution in [1.82, 2.24) is 10.2 Å². The lowest BCUT2D eigenvalue weighted by Gasteiger charge is -2.32. The molecule has 20 heavy (non-hydrogen) atoms. The summed E-state index contributed by atoms with van der Waals surface area (Å²) in [6.07, 6.45) is 0.967. The van der Waals surface area contributed by atoms with E-state index in [4.69, 9.17) is 0 Å². The summed E-state index contributed by atoms with van der Waals surface area (Å²) >= 11 is 1.63. The first-order valence-electron chi connectivity index (χ1n) is 6.87. The van der Waals surface area contributed by atoms with Gasteiger partial charge in [0.2, 0.25) is 11.8 Å². The summed E-state index contributed by atoms with van der Waals surface area (Å²) in [7, 11) is 0. The molecule has 1 unspecified atom stereocenters. The normalized spacial score (nSPS) is 18.8. The highest BCUT2D eigenvalue weighted by Crippen LogP contribution is 2.11. The number of thioether (sulfide) groups is 1. The summed E-state index contributed by atoms with van der Waals surface area (Å²) in [5.41, 5.74) is 1.29. The van der Waals surface area contributed by atoms with E-state index >= 15 is 0 Å². The molecular formula is C15H20N2O2S. The van der Waals surface area contributed by atoms with Crippen molar-refractivity contribution in [2.45, 2.75) is 19.4 Å². The molecule has 5 heteroatoms. The molecule has 0 bridgehead atoms. The molecule has 2 rings (SSSR count). The van der Waals surface area contributed by atoms with Crippen LogP contribution in [0.1, 0.15) is 12.5 Å². The molecule has 1 aromatic rings. The van der Waals surface area contributed by atoms with E-state index < -0.39 is 0 Å². The summed E-state index contributed by atoms with van der Waals surface area (Å²) in [6.45, 7) is 2.95. The maximum absolute atomic E-state index is 12.1. The maximum atomic E-state index is 12.1. The molecule has 0 aliphatic carbocycles. The van der Waals surface area contributed by atoms with Gasteiger partial charge in [-0.2, -0.15) is 11.8 Å². The molecule has 108 valence electrons. The van der Waals surface area contributed by atoms with Gasteiger partial charge in [0.1, 0.15) is 6.04 Å². The molecule has 1 N–H and O–H groups in total. The summed E-state index contributed by atoms with van der Waals surface area (Å²) in [5.74, 6) is 1.37. The van der Waals surface area contributed by atoms with E-state index in [0.29, 0.717) is 18.8 Å². The van der Waals surface area contributed by atoms with Crippen molar-refractivity contribution >= 4 is 23.6 Å². The Bertz CT molecular complexity index is 464. The van der Waals surface area contributed by atoms with Gasteiger partial charge in [0, 0.05) is 13.1 Å². The molecule has 0 spiro atoms. The molecular weight excluding hydrogens is 272 g/mol. The van der Waals surface area contributed by atoms with E-state index in [-0.39, 0.29) is 17.9 Å². The van der Waals surface area contributed by atoms with Gasteiger partial charge in [0.15, 0.2) is 0 Å². The zero-order valence-corrected chi connectivity index (χ0v) is 12.5. The van der Waals surface area contributed by atoms with Gasteiger partial charge < -0.3 is 10.2 Å². The summed E-state index contributed by atoms with van der Waals surface area (Å²) in [5, 5.41) is 2.77. The third-order valence-corrected chi connectivity index (χ3v) is 4.37. The molecule has 1 fully saturated rings. The number of hydrogen-bond donors (Lipinski definition) is 1. The second-order valence-electron chi connectivity index (χ2n) is 4.84. The molecule has 1 aliphatic rings. The van der Waals surface area contributed by atoms with Crippen molar-refractivity contribution in [3.8, 4) is 0 Å². The van der Waals surface area contributed by atoms with Crippen LogP contribution in [-0.4, -0.2) is 47.4 Å². The van der Waals surface area contributed by atoms with E-state index in [1.54, 1.807) is 23.6 Å². The Morgan fingerprint density at radius 2 is 2.15 bits per heavy atom. The molecule has 1 aromatic carbocycles. The van der Waals surface area contributed by atoms with E-state index in [2.05, 4.69) is 17.4 Å². The van der Waals surface area contributed by atoms with Gasteiger partial charge in [-0.25, -0.2) is 0 Å². The fraction of sp³-hybridized carbons (Fsp3) is 0.467. The molecule has 1 heterocycles. The third-order valence-electron chi connectivity index (χ3n) is 3.42. The van der Waals surface area contributed by atoms with Gasteiger partial charge in [0.25, 0.3) is 0 Å². The monoisotopic (exact) mass is 292 g/mol. The predicted octanol–water partition coefficient (Wildman–Crippen LogP) is 1.31. The average Bonchev–Trinajstić information content (AvgIpc) is 2.47. The van der Waals surface area contributed by atoms with Crippen LogP contribution in [0.4, 0.5) is 0 Å². The van der Waals surface area contributed by atoms with E-state index in [1.807, 2.05) is 18.2 Å². The van der Waals surface area contributed by atoms with Crippen LogP contribution in [0.15, 0.2) is 30.3 Å². The molecule has 0 saturated carbocycles. The maximum Gasteiger partial charge on any atom is 0.242 e. The Morgan fingerprint density at radius 1 is 1.40 bits per heavy atom. The molecule has 1 saturated heterocycles. The molecule has 1 atom stereocenters. The molecule has 4 nitrogen and oxygen atoms in total. The zero-order chi connectivity index (χ0) is 14.4. The highest BCUT2D eigenvalue weighted by Gasteiger charge is 2.28. The topological polar surface area (TPSA) is 49.4 Å². The molecule has 2 amide bonds. The van der Waals surface area contributed by atoms with E-state index in [9.17, 15) is 9.59 Å². The number of piperazine rings is 1. The number of carbonyl (C=O) groups is 2. The van der Waals surface area contributed by atoms with Crippen LogP contribution in [0.3, 0.4) is 0 Å². The van der Waals surface area contributed by atoms with Crippen LogP contribution in [0.25, 0.3) is 0 Å². The highest BCUT2D eigenvalue weighted by molar-refractivity contribution is 7.99. The van der Waals surface area contributed by atoms with Gasteiger partial charge in [-0.1, -0.05) is 30.3 Å². The van der Waals surface area contributed by atoms with Gasteiger partial charge in [0.05, 0.1) is 5.75 Å². The lowest BCUT2D eigenvalue weighted by Crippen LogP contribution is -2.56. The van der Waals surface area contributed by atoms with Crippen LogP contribution in [0.5, 0.6) is 0 Å². The first kappa shape index (κ1) is 14.9. The van der Waals surface area contributed by atoms with Crippen LogP contribution < -0.4 is 5.32 Å². The minimum Gasteiger partial charge on any atom is -0.353 e. The van der Waals surface area contributed by atoms with Crippen molar-refractivity contribution in [3.63, 3.8) is 0 Å². The van der Waals surface area contributed by atoms with Crippen molar-refractivity contribution in [1.29, 1.82) is 0 Å². The van der Waals surface area contributed by atoms with Gasteiger partial charge >= 0.3 is 0 Å². The Kier molecular flexibility index (Phi) is 5.47. The van der Waals surface area contributed by atoms with Crippen LogP contribution >= 0.6 is 11.8 Å². The lowest BCUT2D eigenvalue weighted by atomic mass is 10.2. The van der Waals surface area contributed by atoms with Gasteiger partial charge in [-0.15, -0.1) is 0 Å². The highest BCUT2D eigenvalue weighted by atomic mass is 32.2. The van der Waals surface area contributed by atoms with E-state index in [1.165, 1.54) is 5.56 Å². The number of benzene rings is 1. The SMILES string of the molecule is CC1C(=O)NCCN1C(=O)CSCCc1ccccc1. The largest absolute Gasteiger partial charge is 0.353 e. The molecule has 0 aromatic heterocycles. The summed E-state index contributed by atoms with van der Waals surface area (Å²) in [6, 6.07) is 9.91. The quantitative estimate of drug-likeness (QED) is 0.833. The Morgan fingerprint density at radius 3 is 2.90 bits per heavy atom. The summed E-state index contributed by atoms with van der Waals surface area (Å²) < 4.78 is 0. The molecule has 1 aliphatic heterocycles. The van der Waals surface area contributed by atoms with Gasteiger partial charge in [-0.3, -0.25) is 9.59 Å². The number of hydrogen-bond acceptors (Lipinski definition) is 3. The smallest absolute Gasteiger partial charge is 0.242 e. The minimum atomic E-state index is -0.342. The first-order valence-corrected chi connectivity index (χ1v) is 8.03. The van der Waals surface area contributed by atoms with E-state index in [0.717, 1.165) is 12.2 Å². The second kappa shape index (κ2) is 7.33. The number of amides is 2. The first-order chi connectivity index (χ1) is 9.68. The number of nitrogens with one attached hydrogen (secondary N) is 1. The minimum absolute atomic E-state index is 0.0566. The van der Waals surface area contributed by atoms with Crippen molar-refractivity contribution in [3.05, 3.63) is 35.9 Å². The number of rotatable bonds is 5. The van der Waals surface area contributed by atoms with Crippen molar-refractivity contribution in [2.75, 3.05) is 24.6 Å².